The van der Waals surface area contributed by atoms with Crippen molar-refractivity contribution in [2.45, 2.75) is 171 Å². The lowest BCUT2D eigenvalue weighted by atomic mass is 9.92. The molecule has 0 N–H and O–H groups in total. The molecule has 8 rings (SSSR count). The van der Waals surface area contributed by atoms with Gasteiger partial charge in [-0.15, -0.1) is 0 Å². The molecular weight excluding hydrogens is 1420 g/mol. The Labute approximate surface area is 662 Å². The van der Waals surface area contributed by atoms with Crippen LogP contribution in [-0.4, -0.2) is 81.1 Å². The number of amides is 9. The third kappa shape index (κ3) is 20.8. The molecule has 4 aromatic carbocycles. The van der Waals surface area contributed by atoms with E-state index in [0.717, 1.165) is 65.4 Å². The summed E-state index contributed by atoms with van der Waals surface area (Å²) in [6.45, 7) is 23.8. The van der Waals surface area contributed by atoms with Gasteiger partial charge in [0.2, 0.25) is 17.7 Å². The van der Waals surface area contributed by atoms with Gasteiger partial charge in [-0.05, 0) is 249 Å². The van der Waals surface area contributed by atoms with Gasteiger partial charge in [-0.3, -0.25) is 48.1 Å². The normalized spacial score (nSPS) is 13.3. The summed E-state index contributed by atoms with van der Waals surface area (Å²) >= 11 is 0. The zero-order valence-corrected chi connectivity index (χ0v) is 65.2. The van der Waals surface area contributed by atoms with Crippen molar-refractivity contribution in [2.75, 3.05) is 19.6 Å². The summed E-state index contributed by atoms with van der Waals surface area (Å²) in [5, 5.41) is 0. The maximum Gasteiger partial charge on any atom is 0.258 e. The molecule has 0 aromatic heterocycles. The van der Waals surface area contributed by atoms with E-state index >= 15 is 9.59 Å². The molecule has 2 fully saturated rings. The molecule has 15 heteroatoms. The summed E-state index contributed by atoms with van der Waals surface area (Å²) in [5.41, 5.74) is 98.7. The number of benzene rings is 4. The number of imide groups is 4. The van der Waals surface area contributed by atoms with Crippen LogP contribution in [0.2, 0.25) is 0 Å². The molecule has 114 heavy (non-hydrogen) atoms. The number of anilines is 4. The van der Waals surface area contributed by atoms with Crippen LogP contribution >= 0.6 is 0 Å². The highest BCUT2D eigenvalue weighted by molar-refractivity contribution is 6.30. The minimum Gasteiger partial charge on any atom is -0.336 e. The molecule has 15 nitrogen and oxygen atoms in total. The number of carbonyl (C=O) groups is 9. The molecule has 0 radical (unpaired) electrons. The minimum absolute atomic E-state index is 0.145. The van der Waals surface area contributed by atoms with Crippen molar-refractivity contribution in [3.63, 3.8) is 0 Å². The predicted octanol–water partition coefficient (Wildman–Crippen LogP) is 14.5. The lowest BCUT2D eigenvalue weighted by Crippen LogP contribution is -2.53. The van der Waals surface area contributed by atoms with E-state index in [-0.39, 0.29) is 24.1 Å². The Balaban J connectivity index is 1.20. The van der Waals surface area contributed by atoms with Gasteiger partial charge < -0.3 is 4.90 Å². The maximum atomic E-state index is 15.6. The number of hydrogen-bond acceptors (Lipinski definition) is 10. The number of nitrogens with zero attached hydrogens (tertiary/aromatic N) is 6. The van der Waals surface area contributed by atoms with Crippen molar-refractivity contribution < 1.29 is 43.2 Å². The molecule has 2 atom stereocenters. The summed E-state index contributed by atoms with van der Waals surface area (Å²) in [4.78, 5) is 135. The van der Waals surface area contributed by atoms with Gasteiger partial charge in [-0.25, -0.2) is 19.6 Å². The van der Waals surface area contributed by atoms with Crippen LogP contribution in [0, 0.1) is 0 Å². The van der Waals surface area contributed by atoms with Gasteiger partial charge in [-0.1, -0.05) is 110 Å². The Kier molecular flexibility index (Phi) is 30.8. The molecule has 554 valence electrons. The second-order valence-electron chi connectivity index (χ2n) is 25.5. The molecule has 4 aliphatic rings. The molecule has 4 heterocycles. The molecule has 2 saturated heterocycles. The molecule has 4 aromatic rings. The number of rotatable bonds is 21. The fourth-order valence-corrected chi connectivity index (χ4v) is 13.5. The van der Waals surface area contributed by atoms with E-state index in [4.69, 9.17) is 0 Å². The van der Waals surface area contributed by atoms with Crippen LogP contribution in [0.4, 0.5) is 22.7 Å². The number of carbonyl (C=O) groups excluding carboxylic acids is 9. The van der Waals surface area contributed by atoms with E-state index in [1.54, 1.807) is 18.7 Å². The van der Waals surface area contributed by atoms with Gasteiger partial charge in [0.25, 0.3) is 35.4 Å². The first-order valence-corrected chi connectivity index (χ1v) is 36.9. The summed E-state index contributed by atoms with van der Waals surface area (Å²) in [7, 11) is 0. The maximum absolute atomic E-state index is 15.6. The molecular formula is C99H74N6O9. The topological polar surface area (TPSA) is 173 Å². The fourth-order valence-electron chi connectivity index (χ4n) is 13.5. The predicted molar refractivity (Wildman–Crippen MR) is 430 cm³/mol. The molecule has 0 spiro atoms. The van der Waals surface area contributed by atoms with E-state index < -0.39 is 65.9 Å². The average Bonchev–Trinajstić information content (AvgIpc) is 1.63. The Morgan fingerprint density at radius 1 is 0.351 bits per heavy atom. The van der Waals surface area contributed by atoms with E-state index in [9.17, 15) is 33.6 Å². The first-order valence-electron chi connectivity index (χ1n) is 36.9. The highest BCUT2D eigenvalue weighted by Gasteiger charge is 2.51. The van der Waals surface area contributed by atoms with Gasteiger partial charge in [-0.2, -0.15) is 0 Å². The SMILES string of the molecule is C=C=C=C=C=C=C=C=C=C=C=C=C=C=C=C=C=C=C=C=C=C=C=C=C=C=C=C=C=C=C=C=C=C=C=C(N(C(C)=O)C1CC(=O)N(c2c(CC)cc(Cc3cc(CC)c(N4C(=O)C=CC4=O)c(CC)c3)cc2CC)C1=O)N(C(C)C)C1CC(=O)N(c2c(CC)cc(Cc3cc(CC)c(N4C(=O)C=CC4=O)c(CC)c3)cc2CC)C1=O. The van der Waals surface area contributed by atoms with Crippen LogP contribution in [0.5, 0.6) is 0 Å². The van der Waals surface area contributed by atoms with Gasteiger partial charge in [0.1, 0.15) is 12.1 Å². The lowest BCUT2D eigenvalue weighted by Gasteiger charge is -2.40. The summed E-state index contributed by atoms with van der Waals surface area (Å²) in [5.74, 6) is -4.78. The van der Waals surface area contributed by atoms with Crippen LogP contribution < -0.4 is 19.6 Å². The molecule has 0 bridgehead atoms. The van der Waals surface area contributed by atoms with Crippen molar-refractivity contribution in [2.24, 2.45) is 0 Å². The highest BCUT2D eigenvalue weighted by atomic mass is 16.2. The third-order valence-electron chi connectivity index (χ3n) is 18.1. The molecule has 9 amide bonds. The summed E-state index contributed by atoms with van der Waals surface area (Å²) in [6.07, 6.45) is 9.16. The fraction of sp³-hybridized carbons (Fsp3) is 0.263. The van der Waals surface area contributed by atoms with Crippen LogP contribution in [-0.2, 0) is 107 Å². The van der Waals surface area contributed by atoms with E-state index in [2.05, 4.69) is 201 Å². The van der Waals surface area contributed by atoms with Crippen molar-refractivity contribution in [1.82, 2.24) is 9.80 Å². The van der Waals surface area contributed by atoms with Crippen LogP contribution in [0.1, 0.15) is 156 Å². The van der Waals surface area contributed by atoms with Crippen molar-refractivity contribution in [1.29, 1.82) is 0 Å². The van der Waals surface area contributed by atoms with Gasteiger partial charge >= 0.3 is 0 Å². The van der Waals surface area contributed by atoms with E-state index in [0.29, 0.717) is 98.1 Å². The Hall–Kier alpha value is -15.6. The van der Waals surface area contributed by atoms with Gasteiger partial charge in [0, 0.05) is 129 Å². The van der Waals surface area contributed by atoms with Crippen LogP contribution in [0.25, 0.3) is 0 Å². The number of hydrogen-bond donors (Lipinski definition) is 0. The quantitative estimate of drug-likeness (QED) is 0.0577. The molecule has 0 aliphatic carbocycles. The van der Waals surface area contributed by atoms with Crippen LogP contribution in [0.15, 0.2) is 280 Å². The van der Waals surface area contributed by atoms with E-state index in [1.807, 2.05) is 104 Å². The smallest absolute Gasteiger partial charge is 0.258 e. The second-order valence-corrected chi connectivity index (χ2v) is 25.5. The first kappa shape index (κ1) is 84.1. The molecule has 2 unspecified atom stereocenters. The van der Waals surface area contributed by atoms with Crippen molar-refractivity contribution in [3.8, 4) is 0 Å². The first-order chi connectivity index (χ1) is 55.2. The highest BCUT2D eigenvalue weighted by Crippen LogP contribution is 2.41. The Morgan fingerprint density at radius 2 is 0.570 bits per heavy atom. The van der Waals surface area contributed by atoms with E-state index in [1.165, 1.54) is 45.9 Å². The summed E-state index contributed by atoms with van der Waals surface area (Å²) in [6, 6.07) is 12.6. The molecule has 0 saturated carbocycles. The lowest BCUT2D eigenvalue weighted by molar-refractivity contribution is -0.137. The summed E-state index contributed by atoms with van der Waals surface area (Å²) < 4.78 is 0. The molecule has 4 aliphatic heterocycles. The Bertz CT molecular complexity index is 6250. The monoisotopic (exact) mass is 1490 g/mol. The van der Waals surface area contributed by atoms with Gasteiger partial charge in [0.15, 0.2) is 5.82 Å². The standard InChI is InChI=1S/C99H74N6O9/c1-13-22-23-24-25-26-27-28-29-30-31-32-33-34-35-36-37-38-39-40-41-42-43-44-45-46-47-48-49-50-51-52-53-54-87(100(71(10)11)85-69-92(111)104(98(85)113)96-81(18-6)65-75(66-82(96)19-7)59-73-61-77(14-2)94(78(15-3)62-73)102-88(107)55-56-89(102)108)101(72(12)106)86-70-93(112)105(99(86)114)97-83(20-8)67-76(68-84(97)21-9)60-74-63-79(16-4)95(80(17-5)64-74)103-90(109)57-58-91(103)110/h55-58,61-68,71,85-86H,1,14-21,59-60,69-70H2,2-12H3. The minimum atomic E-state index is -1.47. The number of aryl methyl sites for hydroxylation is 8. The second kappa shape index (κ2) is 41.7. The van der Waals surface area contributed by atoms with Gasteiger partial charge in [0.05, 0.1) is 35.6 Å². The van der Waals surface area contributed by atoms with Crippen molar-refractivity contribution >= 4 is 75.9 Å². The zero-order valence-electron chi connectivity index (χ0n) is 65.2. The van der Waals surface area contributed by atoms with Crippen molar-refractivity contribution in [3.05, 3.63) is 347 Å². The zero-order chi connectivity index (χ0) is 82.2. The van der Waals surface area contributed by atoms with Crippen LogP contribution in [0.3, 0.4) is 0 Å². The largest absolute Gasteiger partial charge is 0.336 e. The average molecular weight is 1490 g/mol. The Morgan fingerprint density at radius 3 is 0.798 bits per heavy atom. The third-order valence-corrected chi connectivity index (χ3v) is 18.1.